The molecule has 1 N–H and O–H groups in total. The Morgan fingerprint density at radius 2 is 2.19 bits per heavy atom. The van der Waals surface area contributed by atoms with E-state index in [-0.39, 0.29) is 4.90 Å². The van der Waals surface area contributed by atoms with Crippen LogP contribution in [-0.4, -0.2) is 32.9 Å². The standard InChI is InChI=1S/C15H23FN2O2S/c1-3-4-12-7-8-18(11-12)21(19,20)15-9-14(16)6-5-13(15)10-17-2/h5-6,9,12,17H,3-4,7-8,10-11H2,1-2H3. The van der Waals surface area contributed by atoms with Gasteiger partial charge in [0.15, 0.2) is 0 Å². The number of rotatable bonds is 6. The molecule has 1 fully saturated rings. The van der Waals surface area contributed by atoms with E-state index < -0.39 is 15.8 Å². The van der Waals surface area contributed by atoms with Gasteiger partial charge < -0.3 is 5.32 Å². The van der Waals surface area contributed by atoms with Crippen LogP contribution < -0.4 is 5.32 Å². The Labute approximate surface area is 126 Å². The molecule has 0 bridgehead atoms. The van der Waals surface area contributed by atoms with Crippen LogP contribution in [0.3, 0.4) is 0 Å². The highest BCUT2D eigenvalue weighted by Gasteiger charge is 2.33. The van der Waals surface area contributed by atoms with E-state index in [0.29, 0.717) is 31.1 Å². The summed E-state index contributed by atoms with van der Waals surface area (Å²) in [6, 6.07) is 3.98. The zero-order valence-electron chi connectivity index (χ0n) is 12.6. The van der Waals surface area contributed by atoms with E-state index in [1.807, 2.05) is 0 Å². The maximum atomic E-state index is 13.5. The summed E-state index contributed by atoms with van der Waals surface area (Å²) in [7, 11) is -1.87. The number of benzene rings is 1. The fourth-order valence-corrected chi connectivity index (χ4v) is 4.67. The Bertz CT molecular complexity index is 589. The van der Waals surface area contributed by atoms with E-state index in [0.717, 1.165) is 25.3 Å². The van der Waals surface area contributed by atoms with Gasteiger partial charge in [0.05, 0.1) is 4.90 Å². The quantitative estimate of drug-likeness (QED) is 0.877. The molecule has 1 unspecified atom stereocenters. The Kier molecular flexibility index (Phi) is 5.35. The number of sulfonamides is 1. The van der Waals surface area contributed by atoms with E-state index in [4.69, 9.17) is 0 Å². The van der Waals surface area contributed by atoms with E-state index in [1.165, 1.54) is 16.4 Å². The third-order valence-corrected chi connectivity index (χ3v) is 5.91. The Hall–Kier alpha value is -0.980. The van der Waals surface area contributed by atoms with Crippen molar-refractivity contribution in [2.75, 3.05) is 20.1 Å². The number of halogens is 1. The predicted molar refractivity (Wildman–Crippen MR) is 80.9 cm³/mol. The van der Waals surface area contributed by atoms with Gasteiger partial charge in [-0.15, -0.1) is 0 Å². The number of hydrogen-bond donors (Lipinski definition) is 1. The van der Waals surface area contributed by atoms with Crippen molar-refractivity contribution in [3.63, 3.8) is 0 Å². The number of hydrogen-bond acceptors (Lipinski definition) is 3. The van der Waals surface area contributed by atoms with Gasteiger partial charge in [0.1, 0.15) is 5.82 Å². The molecule has 6 heteroatoms. The molecule has 1 aliphatic rings. The lowest BCUT2D eigenvalue weighted by Gasteiger charge is -2.19. The molecule has 0 saturated carbocycles. The first-order valence-corrected chi connectivity index (χ1v) is 8.86. The van der Waals surface area contributed by atoms with Gasteiger partial charge in [0, 0.05) is 19.6 Å². The second kappa shape index (κ2) is 6.85. The van der Waals surface area contributed by atoms with Crippen LogP contribution in [0.2, 0.25) is 0 Å². The highest BCUT2D eigenvalue weighted by atomic mass is 32.2. The molecule has 1 aliphatic heterocycles. The van der Waals surface area contributed by atoms with Crippen LogP contribution in [0.1, 0.15) is 31.7 Å². The predicted octanol–water partition coefficient (Wildman–Crippen LogP) is 2.36. The molecule has 1 saturated heterocycles. The highest BCUT2D eigenvalue weighted by molar-refractivity contribution is 7.89. The molecule has 1 heterocycles. The van der Waals surface area contributed by atoms with Crippen molar-refractivity contribution in [2.24, 2.45) is 5.92 Å². The van der Waals surface area contributed by atoms with Crippen LogP contribution in [0.25, 0.3) is 0 Å². The van der Waals surface area contributed by atoms with Crippen molar-refractivity contribution in [2.45, 2.75) is 37.6 Å². The third-order valence-electron chi connectivity index (χ3n) is 3.96. The van der Waals surface area contributed by atoms with Crippen LogP contribution in [0.4, 0.5) is 4.39 Å². The summed E-state index contributed by atoms with van der Waals surface area (Å²) in [5, 5.41) is 2.93. The summed E-state index contributed by atoms with van der Waals surface area (Å²) < 4.78 is 40.5. The van der Waals surface area contributed by atoms with Gasteiger partial charge in [-0.25, -0.2) is 12.8 Å². The van der Waals surface area contributed by atoms with Gasteiger partial charge in [0.25, 0.3) is 0 Å². The van der Waals surface area contributed by atoms with Crippen molar-refractivity contribution in [1.29, 1.82) is 0 Å². The molecule has 0 amide bonds. The first-order chi connectivity index (χ1) is 9.98. The van der Waals surface area contributed by atoms with Crippen LogP contribution in [0.5, 0.6) is 0 Å². The average molecular weight is 314 g/mol. The Balaban J connectivity index is 2.29. The van der Waals surface area contributed by atoms with Crippen LogP contribution in [0, 0.1) is 11.7 Å². The van der Waals surface area contributed by atoms with Crippen LogP contribution in [-0.2, 0) is 16.6 Å². The van der Waals surface area contributed by atoms with Gasteiger partial charge in [-0.3, -0.25) is 0 Å². The smallest absolute Gasteiger partial charge is 0.243 e. The highest BCUT2D eigenvalue weighted by Crippen LogP contribution is 2.28. The van der Waals surface area contributed by atoms with Crippen molar-refractivity contribution in [1.82, 2.24) is 9.62 Å². The van der Waals surface area contributed by atoms with Gasteiger partial charge in [0.2, 0.25) is 10.0 Å². The van der Waals surface area contributed by atoms with Crippen molar-refractivity contribution < 1.29 is 12.8 Å². The van der Waals surface area contributed by atoms with E-state index in [9.17, 15) is 12.8 Å². The molecule has 0 aromatic heterocycles. The third kappa shape index (κ3) is 3.62. The van der Waals surface area contributed by atoms with Gasteiger partial charge in [-0.05, 0) is 43.5 Å². The summed E-state index contributed by atoms with van der Waals surface area (Å²) >= 11 is 0. The maximum Gasteiger partial charge on any atom is 0.243 e. The average Bonchev–Trinajstić information content (AvgIpc) is 2.91. The lowest BCUT2D eigenvalue weighted by molar-refractivity contribution is 0.443. The lowest BCUT2D eigenvalue weighted by Crippen LogP contribution is -2.30. The molecule has 2 rings (SSSR count). The van der Waals surface area contributed by atoms with Crippen LogP contribution >= 0.6 is 0 Å². The van der Waals surface area contributed by atoms with Crippen molar-refractivity contribution in [3.05, 3.63) is 29.6 Å². The number of nitrogens with one attached hydrogen (secondary N) is 1. The molecule has 0 spiro atoms. The van der Waals surface area contributed by atoms with Crippen LogP contribution in [0.15, 0.2) is 23.1 Å². The molecular weight excluding hydrogens is 291 g/mol. The zero-order valence-corrected chi connectivity index (χ0v) is 13.4. The monoisotopic (exact) mass is 314 g/mol. The summed E-state index contributed by atoms with van der Waals surface area (Å²) in [5.74, 6) is -0.0937. The minimum Gasteiger partial charge on any atom is -0.316 e. The van der Waals surface area contributed by atoms with E-state index in [2.05, 4.69) is 12.2 Å². The largest absolute Gasteiger partial charge is 0.316 e. The lowest BCUT2D eigenvalue weighted by atomic mass is 10.0. The zero-order chi connectivity index (χ0) is 15.5. The summed E-state index contributed by atoms with van der Waals surface area (Å²) in [4.78, 5) is 0.0917. The maximum absolute atomic E-state index is 13.5. The first-order valence-electron chi connectivity index (χ1n) is 7.42. The number of nitrogens with zero attached hydrogens (tertiary/aromatic N) is 1. The molecular formula is C15H23FN2O2S. The summed E-state index contributed by atoms with van der Waals surface area (Å²) in [6.07, 6.45) is 2.99. The molecule has 0 radical (unpaired) electrons. The first kappa shape index (κ1) is 16.4. The topological polar surface area (TPSA) is 49.4 Å². The van der Waals surface area contributed by atoms with Gasteiger partial charge >= 0.3 is 0 Å². The second-order valence-electron chi connectivity index (χ2n) is 5.59. The minimum atomic E-state index is -3.61. The normalized spacial score (nSPS) is 20.0. The fraction of sp³-hybridized carbons (Fsp3) is 0.600. The Morgan fingerprint density at radius 3 is 2.86 bits per heavy atom. The second-order valence-corrected chi connectivity index (χ2v) is 7.50. The van der Waals surface area contributed by atoms with E-state index in [1.54, 1.807) is 7.05 Å². The van der Waals surface area contributed by atoms with Crippen molar-refractivity contribution >= 4 is 10.0 Å². The fourth-order valence-electron chi connectivity index (χ4n) is 2.90. The molecule has 1 aromatic rings. The van der Waals surface area contributed by atoms with E-state index >= 15 is 0 Å². The molecule has 118 valence electrons. The summed E-state index contributed by atoms with van der Waals surface area (Å²) in [5.41, 5.74) is 0.609. The molecule has 21 heavy (non-hydrogen) atoms. The van der Waals surface area contributed by atoms with Gasteiger partial charge in [-0.2, -0.15) is 4.31 Å². The Morgan fingerprint density at radius 1 is 1.43 bits per heavy atom. The molecule has 0 aliphatic carbocycles. The molecule has 4 nitrogen and oxygen atoms in total. The molecule has 1 aromatic carbocycles. The minimum absolute atomic E-state index is 0.0917. The molecule has 1 atom stereocenters. The SMILES string of the molecule is CCCC1CCN(S(=O)(=O)c2cc(F)ccc2CNC)C1. The van der Waals surface area contributed by atoms with Crippen molar-refractivity contribution in [3.8, 4) is 0 Å². The van der Waals surface area contributed by atoms with Gasteiger partial charge in [-0.1, -0.05) is 19.4 Å². The summed E-state index contributed by atoms with van der Waals surface area (Å²) in [6.45, 7) is 3.59.